The highest BCUT2D eigenvalue weighted by Gasteiger charge is 2.51. The molecule has 0 atom stereocenters. The molecule has 320 valence electrons. The molecular weight excluding hydrogens is 835 g/mol. The second-order valence-electron chi connectivity index (χ2n) is 18.0. The number of aromatic nitrogens is 2. The van der Waals surface area contributed by atoms with Gasteiger partial charge in [-0.3, -0.25) is 0 Å². The van der Waals surface area contributed by atoms with Gasteiger partial charge in [0, 0.05) is 16.7 Å². The van der Waals surface area contributed by atoms with Crippen molar-refractivity contribution in [2.24, 2.45) is 0 Å². The normalized spacial score (nSPS) is 12.4. The Hall–Kier alpha value is -9.23. The maximum Gasteiger partial charge on any atom is 0.187 e. The molecule has 3 nitrogen and oxygen atoms in total. The van der Waals surface area contributed by atoms with Gasteiger partial charge in [-0.1, -0.05) is 200 Å². The number of fused-ring (bicyclic) bond motifs is 10. The van der Waals surface area contributed by atoms with Crippen molar-refractivity contribution in [2.45, 2.75) is 5.41 Å². The summed E-state index contributed by atoms with van der Waals surface area (Å²) in [7, 11) is 0. The molecule has 0 radical (unpaired) electrons. The third-order valence-electron chi connectivity index (χ3n) is 14.1. The van der Waals surface area contributed by atoms with Gasteiger partial charge in [-0.25, -0.2) is 14.8 Å². The molecule has 1 heterocycles. The van der Waals surface area contributed by atoms with Gasteiger partial charge in [0.2, 0.25) is 0 Å². The van der Waals surface area contributed by atoms with Crippen LogP contribution in [0.1, 0.15) is 22.3 Å². The molecule has 0 amide bonds. The molecule has 0 bridgehead atoms. The minimum atomic E-state index is -0.463. The zero-order valence-electron chi connectivity index (χ0n) is 37.5. The van der Waals surface area contributed by atoms with Gasteiger partial charge in [0.05, 0.1) is 23.4 Å². The van der Waals surface area contributed by atoms with Crippen LogP contribution >= 0.6 is 0 Å². The smallest absolute Gasteiger partial charge is 0.187 e. The first-order chi connectivity index (χ1) is 34.1. The molecule has 69 heavy (non-hydrogen) atoms. The Morgan fingerprint density at radius 3 is 1.26 bits per heavy atom. The summed E-state index contributed by atoms with van der Waals surface area (Å²) in [5, 5.41) is 0. The molecule has 0 fully saturated rings. The second-order valence-corrected chi connectivity index (χ2v) is 18.0. The van der Waals surface area contributed by atoms with E-state index >= 15 is 0 Å². The van der Waals surface area contributed by atoms with Gasteiger partial charge >= 0.3 is 0 Å². The number of hydrogen-bond donors (Lipinski definition) is 0. The van der Waals surface area contributed by atoms with E-state index in [1.54, 1.807) is 0 Å². The molecule has 0 saturated heterocycles. The van der Waals surface area contributed by atoms with Gasteiger partial charge < -0.3 is 0 Å². The maximum absolute atomic E-state index is 7.97. The lowest BCUT2D eigenvalue weighted by atomic mass is 9.70. The lowest BCUT2D eigenvalue weighted by Crippen LogP contribution is -2.25. The maximum atomic E-state index is 7.97. The molecule has 0 N–H and O–H groups in total. The fraction of sp³-hybridized carbons (Fsp3) is 0.0152. The first-order valence-corrected chi connectivity index (χ1v) is 23.4. The Balaban J connectivity index is 0.915. The third kappa shape index (κ3) is 6.65. The summed E-state index contributed by atoms with van der Waals surface area (Å²) < 4.78 is 0. The highest BCUT2D eigenvalue weighted by molar-refractivity contribution is 5.97. The number of nitrogens with zero attached hydrogens (tertiary/aromatic N) is 3. The van der Waals surface area contributed by atoms with Crippen LogP contribution in [0.4, 0.5) is 5.69 Å². The summed E-state index contributed by atoms with van der Waals surface area (Å²) in [4.78, 5) is 14.4. The zero-order valence-corrected chi connectivity index (χ0v) is 37.5. The quantitative estimate of drug-likeness (QED) is 0.149. The van der Waals surface area contributed by atoms with Crippen LogP contribution in [0.25, 0.3) is 106 Å². The van der Waals surface area contributed by atoms with Gasteiger partial charge in [0.1, 0.15) is 0 Å². The highest BCUT2D eigenvalue weighted by Crippen LogP contribution is 2.63. The lowest BCUT2D eigenvalue weighted by Gasteiger charge is -2.30. The SMILES string of the molecule is [C-]#[N+]c1ccc2c(c1)-c1cc(-c3cccc(-c4cccc(-c5cc(-c6cc(-c7ccccc7)cc(-c7ccccc7)c6)nc(-c6ccccc6)n5)c4)c3)ccc1C21c2ccccc2-c2ccccc21. The van der Waals surface area contributed by atoms with Crippen LogP contribution in [0.3, 0.4) is 0 Å². The van der Waals surface area contributed by atoms with Crippen LogP contribution in [0.5, 0.6) is 0 Å². The van der Waals surface area contributed by atoms with E-state index in [0.717, 1.165) is 78.1 Å². The molecule has 0 aliphatic heterocycles. The average molecular weight is 876 g/mol. The molecule has 11 aromatic rings. The summed E-state index contributed by atoms with van der Waals surface area (Å²) in [5.74, 6) is 0.676. The Morgan fingerprint density at radius 2 is 0.681 bits per heavy atom. The van der Waals surface area contributed by atoms with Crippen molar-refractivity contribution in [1.29, 1.82) is 0 Å². The van der Waals surface area contributed by atoms with E-state index in [-0.39, 0.29) is 0 Å². The Kier molecular flexibility index (Phi) is 9.45. The van der Waals surface area contributed by atoms with E-state index in [0.29, 0.717) is 11.5 Å². The van der Waals surface area contributed by atoms with Crippen molar-refractivity contribution in [3.05, 3.63) is 282 Å². The fourth-order valence-corrected chi connectivity index (χ4v) is 11.0. The molecule has 0 saturated carbocycles. The van der Waals surface area contributed by atoms with E-state index in [2.05, 4.69) is 229 Å². The fourth-order valence-electron chi connectivity index (χ4n) is 11.0. The Morgan fingerprint density at radius 1 is 0.275 bits per heavy atom. The summed E-state index contributed by atoms with van der Waals surface area (Å²) in [6.45, 7) is 7.97. The minimum absolute atomic E-state index is 0.463. The number of hydrogen-bond acceptors (Lipinski definition) is 2. The summed E-state index contributed by atoms with van der Waals surface area (Å²) >= 11 is 0. The van der Waals surface area contributed by atoms with E-state index in [4.69, 9.17) is 16.5 Å². The van der Waals surface area contributed by atoms with Gasteiger partial charge in [-0.05, 0) is 138 Å². The molecule has 10 aromatic carbocycles. The molecule has 2 aliphatic carbocycles. The lowest BCUT2D eigenvalue weighted by molar-refractivity contribution is 0.794. The molecular formula is C66H41N3. The topological polar surface area (TPSA) is 30.1 Å². The van der Waals surface area contributed by atoms with Crippen LogP contribution in [0.15, 0.2) is 249 Å². The second kappa shape index (κ2) is 16.3. The first kappa shape index (κ1) is 40.1. The van der Waals surface area contributed by atoms with Gasteiger partial charge in [0.15, 0.2) is 11.5 Å². The van der Waals surface area contributed by atoms with Crippen molar-refractivity contribution in [3.63, 3.8) is 0 Å². The van der Waals surface area contributed by atoms with E-state index < -0.39 is 5.41 Å². The largest absolute Gasteiger partial charge is 0.238 e. The monoisotopic (exact) mass is 875 g/mol. The average Bonchev–Trinajstić information content (AvgIpc) is 3.90. The first-order valence-electron chi connectivity index (χ1n) is 23.4. The van der Waals surface area contributed by atoms with E-state index in [1.165, 1.54) is 38.9 Å². The Labute approximate surface area is 402 Å². The van der Waals surface area contributed by atoms with Crippen molar-refractivity contribution in [3.8, 4) is 101 Å². The summed E-state index contributed by atoms with van der Waals surface area (Å²) in [6, 6.07) is 88.7. The predicted octanol–water partition coefficient (Wildman–Crippen LogP) is 17.0. The van der Waals surface area contributed by atoms with Gasteiger partial charge in [-0.15, -0.1) is 0 Å². The van der Waals surface area contributed by atoms with Gasteiger partial charge in [-0.2, -0.15) is 0 Å². The predicted molar refractivity (Wildman–Crippen MR) is 283 cm³/mol. The van der Waals surface area contributed by atoms with E-state index in [9.17, 15) is 0 Å². The molecule has 2 aliphatic rings. The van der Waals surface area contributed by atoms with Gasteiger partial charge in [0.25, 0.3) is 0 Å². The van der Waals surface area contributed by atoms with Crippen LogP contribution < -0.4 is 0 Å². The van der Waals surface area contributed by atoms with Crippen LogP contribution in [0.2, 0.25) is 0 Å². The minimum Gasteiger partial charge on any atom is -0.238 e. The molecule has 13 rings (SSSR count). The van der Waals surface area contributed by atoms with Crippen molar-refractivity contribution in [2.75, 3.05) is 0 Å². The molecule has 3 heteroatoms. The summed E-state index contributed by atoms with van der Waals surface area (Å²) in [5.41, 5.74) is 23.8. The molecule has 1 spiro atoms. The number of rotatable bonds is 7. The van der Waals surface area contributed by atoms with Crippen LogP contribution in [0, 0.1) is 6.57 Å². The van der Waals surface area contributed by atoms with Crippen LogP contribution in [-0.2, 0) is 5.41 Å². The molecule has 1 aromatic heterocycles. The summed E-state index contributed by atoms with van der Waals surface area (Å²) in [6.07, 6.45) is 0. The zero-order chi connectivity index (χ0) is 45.9. The van der Waals surface area contributed by atoms with E-state index in [1.807, 2.05) is 24.3 Å². The van der Waals surface area contributed by atoms with Crippen molar-refractivity contribution < 1.29 is 0 Å². The molecule has 0 unspecified atom stereocenters. The third-order valence-corrected chi connectivity index (χ3v) is 14.1. The van der Waals surface area contributed by atoms with Crippen molar-refractivity contribution in [1.82, 2.24) is 9.97 Å². The van der Waals surface area contributed by atoms with Crippen molar-refractivity contribution >= 4 is 5.69 Å². The standard InChI is InChI=1S/C66H41N3/c1-67-54-32-34-62-58(41-54)57-40-49(31-33-61(57)66(62)59-29-13-11-27-55(59)56-28-12-14-30-60(56)66)47-24-15-23-46(35-47)48-25-16-26-50(36-48)63-42-64(69-65(68-63)45-21-9-4-10-22-45)53-38-51(43-17-5-2-6-18-43)37-52(39-53)44-19-7-3-8-20-44/h2-42H. The number of benzene rings is 10. The van der Waals surface area contributed by atoms with Crippen LogP contribution in [-0.4, -0.2) is 9.97 Å². The highest BCUT2D eigenvalue weighted by atomic mass is 14.9. The Bertz CT molecular complexity index is 3740.